The Morgan fingerprint density at radius 3 is 2.26 bits per heavy atom. The Labute approximate surface area is 110 Å². The molecule has 0 saturated carbocycles. The Kier molecular flexibility index (Phi) is 6.94. The van der Waals surface area contributed by atoms with Crippen molar-refractivity contribution in [2.45, 2.75) is 19.8 Å². The maximum absolute atomic E-state index is 11.2. The van der Waals surface area contributed by atoms with Gasteiger partial charge in [0.1, 0.15) is 0 Å². The van der Waals surface area contributed by atoms with Gasteiger partial charge in [0, 0.05) is 12.8 Å². The Morgan fingerprint density at radius 1 is 1.21 bits per heavy atom. The third-order valence-corrected chi connectivity index (χ3v) is 3.10. The number of aliphatic carboxylic acids is 1. The van der Waals surface area contributed by atoms with E-state index in [1.807, 2.05) is 0 Å². The number of rotatable bonds is 9. The Hall–Kier alpha value is -1.74. The summed E-state index contributed by atoms with van der Waals surface area (Å²) in [7, 11) is -4.38. The molecule has 0 bridgehead atoms. The van der Waals surface area contributed by atoms with Gasteiger partial charge in [0.15, 0.2) is 4.91 Å². The monoisotopic (exact) mass is 294 g/mol. The van der Waals surface area contributed by atoms with Crippen LogP contribution < -0.4 is 0 Å². The largest absolute Gasteiger partial charge is 0.477 e. The molecule has 108 valence electrons. The van der Waals surface area contributed by atoms with Gasteiger partial charge in [-0.2, -0.15) is 8.42 Å². The maximum atomic E-state index is 11.2. The molecule has 0 aromatic heterocycles. The second kappa shape index (κ2) is 7.64. The molecule has 0 amide bonds. The van der Waals surface area contributed by atoms with Crippen LogP contribution in [0.4, 0.5) is 0 Å². The van der Waals surface area contributed by atoms with E-state index < -0.39 is 32.7 Å². The van der Waals surface area contributed by atoms with Gasteiger partial charge in [0.05, 0.1) is 13.2 Å². The molecule has 0 spiro atoms. The first-order valence-corrected chi connectivity index (χ1v) is 6.64. The second-order valence-corrected chi connectivity index (χ2v) is 4.91. The highest BCUT2D eigenvalue weighted by atomic mass is 32.2. The van der Waals surface area contributed by atoms with Crippen LogP contribution in [0.25, 0.3) is 0 Å². The van der Waals surface area contributed by atoms with Gasteiger partial charge in [-0.05, 0) is 0 Å². The number of hydrogen-bond donors (Lipinski definition) is 1. The summed E-state index contributed by atoms with van der Waals surface area (Å²) in [5.74, 6) is -3.40. The maximum Gasteiger partial charge on any atom is 0.374 e. The van der Waals surface area contributed by atoms with Crippen LogP contribution in [0.1, 0.15) is 19.8 Å². The quantitative estimate of drug-likeness (QED) is 0.204. The predicted molar refractivity (Wildman–Crippen MR) is 62.5 cm³/mol. The zero-order chi connectivity index (χ0) is 15.1. The lowest BCUT2D eigenvalue weighted by molar-refractivity contribution is -0.153. The highest BCUT2D eigenvalue weighted by Crippen LogP contribution is 2.07. The van der Waals surface area contributed by atoms with E-state index in [-0.39, 0.29) is 26.1 Å². The molecule has 0 aliphatic rings. The first-order chi connectivity index (χ1) is 8.72. The van der Waals surface area contributed by atoms with Crippen molar-refractivity contribution in [3.63, 3.8) is 0 Å². The Bertz CT molecular complexity index is 476. The van der Waals surface area contributed by atoms with E-state index in [0.717, 1.165) is 0 Å². The van der Waals surface area contributed by atoms with Crippen LogP contribution in [0, 0.1) is 0 Å². The first kappa shape index (κ1) is 17.3. The van der Waals surface area contributed by atoms with Gasteiger partial charge in [-0.1, -0.05) is 13.5 Å². The smallest absolute Gasteiger partial charge is 0.374 e. The van der Waals surface area contributed by atoms with E-state index >= 15 is 0 Å². The summed E-state index contributed by atoms with van der Waals surface area (Å²) in [6.07, 6.45) is 0.0109. The summed E-state index contributed by atoms with van der Waals surface area (Å²) in [5.41, 5.74) is 0. The van der Waals surface area contributed by atoms with Gasteiger partial charge >= 0.3 is 22.1 Å². The molecule has 0 aliphatic heterocycles. The molecular weight excluding hydrogens is 280 g/mol. The lowest BCUT2D eigenvalue weighted by Gasteiger charge is -2.05. The van der Waals surface area contributed by atoms with Crippen molar-refractivity contribution in [1.82, 2.24) is 0 Å². The molecule has 0 rings (SSSR count). The summed E-state index contributed by atoms with van der Waals surface area (Å²) >= 11 is 0. The minimum absolute atomic E-state index is 0.00510. The number of carbonyl (C=O) groups is 3. The Balaban J connectivity index is 4.00. The molecule has 0 heterocycles. The number of esters is 1. The van der Waals surface area contributed by atoms with Gasteiger partial charge in [-0.25, -0.2) is 9.59 Å². The van der Waals surface area contributed by atoms with Crippen molar-refractivity contribution >= 4 is 27.8 Å². The Morgan fingerprint density at radius 2 is 1.79 bits per heavy atom. The number of hydrogen-bond acceptors (Lipinski definition) is 7. The van der Waals surface area contributed by atoms with Crippen LogP contribution in [-0.2, 0) is 33.4 Å². The fourth-order valence-electron chi connectivity index (χ4n) is 0.795. The summed E-state index contributed by atoms with van der Waals surface area (Å²) in [4.78, 5) is 31.0. The normalized spacial score (nSPS) is 10.8. The minimum Gasteiger partial charge on any atom is -0.477 e. The molecule has 0 atom stereocenters. The molecule has 0 aromatic rings. The molecule has 0 aromatic carbocycles. The standard InChI is InChI=1S/C10H14O8S/c1-3-8(11)10(14)17-5-4-6-18-19(15,16)7(2)9(12)13/h2-6H2,1H3,(H,12,13). The number of carbonyl (C=O) groups excluding carboxylic acids is 2. The number of ether oxygens (including phenoxy) is 1. The molecule has 0 fully saturated rings. The average Bonchev–Trinajstić information content (AvgIpc) is 2.35. The van der Waals surface area contributed by atoms with Crippen molar-refractivity contribution in [2.75, 3.05) is 13.2 Å². The molecular formula is C10H14O8S. The van der Waals surface area contributed by atoms with Gasteiger partial charge in [0.25, 0.3) is 0 Å². The van der Waals surface area contributed by atoms with Crippen molar-refractivity contribution < 1.29 is 36.8 Å². The van der Waals surface area contributed by atoms with Crippen LogP contribution in [0.15, 0.2) is 11.5 Å². The van der Waals surface area contributed by atoms with Gasteiger partial charge < -0.3 is 9.84 Å². The highest BCUT2D eigenvalue weighted by molar-refractivity contribution is 7.91. The molecule has 0 unspecified atom stereocenters. The van der Waals surface area contributed by atoms with Gasteiger partial charge in [-0.15, -0.1) is 0 Å². The molecule has 19 heavy (non-hydrogen) atoms. The summed E-state index contributed by atoms with van der Waals surface area (Å²) < 4.78 is 31.2. The van der Waals surface area contributed by atoms with E-state index in [1.54, 1.807) is 0 Å². The third-order valence-electron chi connectivity index (χ3n) is 1.85. The van der Waals surface area contributed by atoms with Crippen molar-refractivity contribution in [2.24, 2.45) is 0 Å². The summed E-state index contributed by atoms with van der Waals surface area (Å²) in [5, 5.41) is 8.42. The van der Waals surface area contributed by atoms with E-state index in [1.165, 1.54) is 6.92 Å². The minimum atomic E-state index is -4.38. The van der Waals surface area contributed by atoms with Gasteiger partial charge in [0.2, 0.25) is 5.78 Å². The molecule has 1 N–H and O–H groups in total. The van der Waals surface area contributed by atoms with Gasteiger partial charge in [-0.3, -0.25) is 8.98 Å². The van der Waals surface area contributed by atoms with E-state index in [2.05, 4.69) is 15.5 Å². The van der Waals surface area contributed by atoms with E-state index in [9.17, 15) is 22.8 Å². The number of Topliss-reactive ketones (excluding diaryl/α,β-unsaturated/α-hetero) is 1. The molecule has 0 aliphatic carbocycles. The van der Waals surface area contributed by atoms with Crippen LogP contribution >= 0.6 is 0 Å². The van der Waals surface area contributed by atoms with Crippen molar-refractivity contribution in [3.05, 3.63) is 11.5 Å². The summed E-state index contributed by atoms with van der Waals surface area (Å²) in [6, 6.07) is 0. The first-order valence-electron chi connectivity index (χ1n) is 5.24. The fraction of sp³-hybridized carbons (Fsp3) is 0.500. The molecule has 9 heteroatoms. The number of carboxylic acids is 1. The van der Waals surface area contributed by atoms with E-state index in [4.69, 9.17) is 5.11 Å². The highest BCUT2D eigenvalue weighted by Gasteiger charge is 2.23. The van der Waals surface area contributed by atoms with Crippen LogP contribution in [0.5, 0.6) is 0 Å². The zero-order valence-corrected chi connectivity index (χ0v) is 11.1. The predicted octanol–water partition coefficient (Wildman–Crippen LogP) is -0.157. The average molecular weight is 294 g/mol. The lowest BCUT2D eigenvalue weighted by Crippen LogP contribution is -2.19. The molecule has 0 radical (unpaired) electrons. The lowest BCUT2D eigenvalue weighted by atomic mass is 10.3. The number of carboxylic acid groups (broad SMARTS) is 1. The third kappa shape index (κ3) is 6.11. The molecule has 0 saturated heterocycles. The van der Waals surface area contributed by atoms with Crippen molar-refractivity contribution in [1.29, 1.82) is 0 Å². The SMILES string of the molecule is C=C(C(=O)O)S(=O)(=O)OCCCOC(=O)C(=O)CC. The molecule has 8 nitrogen and oxygen atoms in total. The second-order valence-electron chi connectivity index (χ2n) is 3.27. The van der Waals surface area contributed by atoms with Crippen LogP contribution in [0.2, 0.25) is 0 Å². The van der Waals surface area contributed by atoms with Crippen LogP contribution in [0.3, 0.4) is 0 Å². The van der Waals surface area contributed by atoms with Crippen LogP contribution in [-0.4, -0.2) is 44.5 Å². The fourth-order valence-corrected chi connectivity index (χ4v) is 1.49. The van der Waals surface area contributed by atoms with Crippen molar-refractivity contribution in [3.8, 4) is 0 Å². The van der Waals surface area contributed by atoms with E-state index in [0.29, 0.717) is 0 Å². The topological polar surface area (TPSA) is 124 Å². The number of ketones is 1. The zero-order valence-electron chi connectivity index (χ0n) is 10.2. The summed E-state index contributed by atoms with van der Waals surface area (Å²) in [6.45, 7) is 3.75.